The van der Waals surface area contributed by atoms with E-state index in [-0.39, 0.29) is 26.9 Å². The molecule has 0 bridgehead atoms. The molecule has 0 aliphatic carbocycles. The summed E-state index contributed by atoms with van der Waals surface area (Å²) in [5.41, 5.74) is 5.68. The van der Waals surface area contributed by atoms with Crippen LogP contribution >= 0.6 is 11.3 Å². The van der Waals surface area contributed by atoms with Crippen LogP contribution < -0.4 is 11.1 Å². The Labute approximate surface area is 181 Å². The smallest absolute Gasteiger partial charge is 0.252 e. The molecule has 0 fully saturated rings. The highest BCUT2D eigenvalue weighted by molar-refractivity contribution is 7.91. The van der Waals surface area contributed by atoms with Gasteiger partial charge in [-0.1, -0.05) is 30.3 Å². The molecule has 2 aromatic carbocycles. The van der Waals surface area contributed by atoms with Crippen molar-refractivity contribution in [2.45, 2.75) is 17.0 Å². The average Bonchev–Trinajstić information content (AvgIpc) is 3.14. The fourth-order valence-electron chi connectivity index (χ4n) is 2.77. The Morgan fingerprint density at radius 2 is 1.84 bits per heavy atom. The van der Waals surface area contributed by atoms with Gasteiger partial charge in [0, 0.05) is 19.2 Å². The number of amides is 1. The summed E-state index contributed by atoms with van der Waals surface area (Å²) in [6, 6.07) is 11.9. The molecule has 3 rings (SSSR count). The summed E-state index contributed by atoms with van der Waals surface area (Å²) in [5, 5.41) is 12.8. The van der Waals surface area contributed by atoms with E-state index in [0.717, 1.165) is 16.4 Å². The van der Waals surface area contributed by atoms with Crippen LogP contribution in [0.15, 0.2) is 58.8 Å². The van der Waals surface area contributed by atoms with Gasteiger partial charge >= 0.3 is 0 Å². The number of benzene rings is 2. The van der Waals surface area contributed by atoms with Crippen molar-refractivity contribution in [3.63, 3.8) is 0 Å². The van der Waals surface area contributed by atoms with Crippen LogP contribution in [0.4, 0.5) is 13.8 Å². The maximum atomic E-state index is 13.9. The van der Waals surface area contributed by atoms with Gasteiger partial charge < -0.3 is 16.2 Å². The minimum Gasteiger partial charge on any atom is -0.369 e. The number of aliphatic hydroxyl groups excluding tert-OH is 1. The third-order valence-electron chi connectivity index (χ3n) is 4.43. The Morgan fingerprint density at radius 3 is 2.45 bits per heavy atom. The van der Waals surface area contributed by atoms with Crippen molar-refractivity contribution in [2.75, 3.05) is 12.4 Å². The molecule has 0 radical (unpaired) electrons. The molecule has 1 heterocycles. The summed E-state index contributed by atoms with van der Waals surface area (Å²) in [4.78, 5) is 11.8. The van der Waals surface area contributed by atoms with E-state index < -0.39 is 33.8 Å². The zero-order chi connectivity index (χ0) is 22.8. The van der Waals surface area contributed by atoms with E-state index in [1.165, 1.54) is 49.5 Å². The van der Waals surface area contributed by atoms with E-state index in [1.54, 1.807) is 0 Å². The number of nitrogens with one attached hydrogen (secondary N) is 1. The normalized spacial score (nSPS) is 12.7. The average molecular weight is 468 g/mol. The molecule has 1 aromatic heterocycles. The number of halogens is 2. The van der Waals surface area contributed by atoms with Gasteiger partial charge in [-0.3, -0.25) is 4.79 Å². The number of hydrogen-bond donors (Lipinski definition) is 3. The Bertz CT molecular complexity index is 1200. The Balaban J connectivity index is 1.88. The second-order valence-electron chi connectivity index (χ2n) is 6.63. The minimum atomic E-state index is -4.04. The lowest BCUT2D eigenvalue weighted by atomic mass is 10.2. The van der Waals surface area contributed by atoms with E-state index in [9.17, 15) is 27.1 Å². The molecular formula is C20H19F2N3O4S2. The number of primary amides is 1. The number of sulfonamides is 1. The number of carbonyl (C=O) groups excluding carboxylic acids is 1. The van der Waals surface area contributed by atoms with E-state index in [2.05, 4.69) is 5.32 Å². The zero-order valence-electron chi connectivity index (χ0n) is 16.2. The summed E-state index contributed by atoms with van der Waals surface area (Å²) >= 11 is 0.681. The largest absolute Gasteiger partial charge is 0.369 e. The number of nitrogens with zero attached hydrogens (tertiary/aromatic N) is 1. The fourth-order valence-corrected chi connectivity index (χ4v) is 5.53. The van der Waals surface area contributed by atoms with Crippen LogP contribution in [0.3, 0.4) is 0 Å². The van der Waals surface area contributed by atoms with Crippen LogP contribution in [-0.4, -0.2) is 30.8 Å². The van der Waals surface area contributed by atoms with Crippen LogP contribution in [-0.2, 0) is 16.6 Å². The van der Waals surface area contributed by atoms with E-state index in [0.29, 0.717) is 16.9 Å². The molecule has 4 N–H and O–H groups in total. The highest BCUT2D eigenvalue weighted by atomic mass is 32.2. The molecule has 31 heavy (non-hydrogen) atoms. The lowest BCUT2D eigenvalue weighted by molar-refractivity contribution is 0.100. The minimum absolute atomic E-state index is 0.0167. The fraction of sp³-hybridized carbons (Fsp3) is 0.150. The van der Waals surface area contributed by atoms with Crippen molar-refractivity contribution in [3.05, 3.63) is 82.9 Å². The Kier molecular flexibility index (Phi) is 6.70. The van der Waals surface area contributed by atoms with Crippen LogP contribution in [0, 0.1) is 11.6 Å². The van der Waals surface area contributed by atoms with Crippen LogP contribution in [0.2, 0.25) is 0 Å². The van der Waals surface area contributed by atoms with Gasteiger partial charge in [0.25, 0.3) is 15.9 Å². The third-order valence-corrected chi connectivity index (χ3v) is 7.74. The predicted molar refractivity (Wildman–Crippen MR) is 113 cm³/mol. The first-order chi connectivity index (χ1) is 14.6. The second kappa shape index (κ2) is 9.10. The van der Waals surface area contributed by atoms with Crippen LogP contribution in [0.1, 0.15) is 27.7 Å². The van der Waals surface area contributed by atoms with Crippen molar-refractivity contribution >= 4 is 32.3 Å². The number of hydrogen-bond acceptors (Lipinski definition) is 6. The van der Waals surface area contributed by atoms with Crippen molar-refractivity contribution in [2.24, 2.45) is 5.73 Å². The van der Waals surface area contributed by atoms with Gasteiger partial charge in [0.15, 0.2) is 6.23 Å². The second-order valence-corrected chi connectivity index (χ2v) is 9.95. The first kappa shape index (κ1) is 22.8. The lowest BCUT2D eigenvalue weighted by Gasteiger charge is -2.16. The Morgan fingerprint density at radius 1 is 1.19 bits per heavy atom. The maximum Gasteiger partial charge on any atom is 0.252 e. The molecule has 3 aromatic rings. The number of nitrogens with two attached hydrogens (primary N) is 1. The van der Waals surface area contributed by atoms with Gasteiger partial charge in [-0.2, -0.15) is 4.31 Å². The summed E-state index contributed by atoms with van der Waals surface area (Å²) in [6.45, 7) is -0.0347. The van der Waals surface area contributed by atoms with Crippen molar-refractivity contribution in [1.82, 2.24) is 4.31 Å². The molecule has 1 amide bonds. The van der Waals surface area contributed by atoms with E-state index in [4.69, 9.17) is 5.73 Å². The molecule has 164 valence electrons. The van der Waals surface area contributed by atoms with Gasteiger partial charge in [-0.15, -0.1) is 11.3 Å². The number of carbonyl (C=O) groups is 1. The number of thiophene rings is 1. The number of rotatable bonds is 8. The standard InChI is InChI=1S/C20H19F2N3O4S2/c1-25(11-12-6-8-13(21)9-7-12)31(28,29)17-10-15(18(23)26)20(30-17)24-19(27)14-4-2-3-5-16(14)22/h2-10,19,24,27H,11H2,1H3,(H2,23,26). The van der Waals surface area contributed by atoms with Crippen molar-refractivity contribution in [3.8, 4) is 0 Å². The number of anilines is 1. The summed E-state index contributed by atoms with van der Waals surface area (Å²) < 4.78 is 53.8. The molecule has 0 aliphatic heterocycles. The third kappa shape index (κ3) is 5.07. The molecular weight excluding hydrogens is 448 g/mol. The van der Waals surface area contributed by atoms with Crippen molar-refractivity contribution in [1.29, 1.82) is 0 Å². The quantitative estimate of drug-likeness (QED) is 0.441. The molecule has 0 saturated heterocycles. The summed E-state index contributed by atoms with van der Waals surface area (Å²) in [6.07, 6.45) is -1.54. The molecule has 1 atom stereocenters. The first-order valence-electron chi connectivity index (χ1n) is 8.93. The van der Waals surface area contributed by atoms with Gasteiger partial charge in [-0.25, -0.2) is 17.2 Å². The Hall–Kier alpha value is -2.86. The predicted octanol–water partition coefficient (Wildman–Crippen LogP) is 3.05. The van der Waals surface area contributed by atoms with Crippen molar-refractivity contribution < 1.29 is 27.1 Å². The zero-order valence-corrected chi connectivity index (χ0v) is 17.9. The molecule has 0 aliphatic rings. The molecule has 11 heteroatoms. The van der Waals surface area contributed by atoms with Gasteiger partial charge in [-0.05, 0) is 29.8 Å². The molecule has 0 spiro atoms. The monoisotopic (exact) mass is 467 g/mol. The van der Waals surface area contributed by atoms with Crippen LogP contribution in [0.25, 0.3) is 0 Å². The summed E-state index contributed by atoms with van der Waals surface area (Å²) in [7, 11) is -2.70. The highest BCUT2D eigenvalue weighted by Gasteiger charge is 2.27. The van der Waals surface area contributed by atoms with E-state index in [1.807, 2.05) is 0 Å². The highest BCUT2D eigenvalue weighted by Crippen LogP contribution is 2.35. The van der Waals surface area contributed by atoms with E-state index >= 15 is 0 Å². The molecule has 7 nitrogen and oxygen atoms in total. The van der Waals surface area contributed by atoms with Gasteiger partial charge in [0.2, 0.25) is 0 Å². The number of aliphatic hydroxyl groups is 1. The van der Waals surface area contributed by atoms with Gasteiger partial charge in [0.05, 0.1) is 5.56 Å². The molecule has 0 saturated carbocycles. The molecule has 1 unspecified atom stereocenters. The lowest BCUT2D eigenvalue weighted by Crippen LogP contribution is -2.25. The SMILES string of the molecule is CN(Cc1ccc(F)cc1)S(=O)(=O)c1cc(C(N)=O)c(NC(O)c2ccccc2F)s1. The topological polar surface area (TPSA) is 113 Å². The first-order valence-corrected chi connectivity index (χ1v) is 11.2. The maximum absolute atomic E-state index is 13.9. The summed E-state index contributed by atoms with van der Waals surface area (Å²) in [5.74, 6) is -2.03. The van der Waals surface area contributed by atoms with Crippen LogP contribution in [0.5, 0.6) is 0 Å². The van der Waals surface area contributed by atoms with Gasteiger partial charge in [0.1, 0.15) is 20.8 Å².